The van der Waals surface area contributed by atoms with Crippen molar-refractivity contribution in [3.8, 4) is 0 Å². The average molecular weight is 238 g/mol. The number of alkyl halides is 3. The van der Waals surface area contributed by atoms with Crippen LogP contribution in [0.5, 0.6) is 0 Å². The molecule has 0 unspecified atom stereocenters. The van der Waals surface area contributed by atoms with E-state index in [2.05, 4.69) is 0 Å². The molecule has 0 aromatic carbocycles. The molecule has 3 heteroatoms. The van der Waals surface area contributed by atoms with Gasteiger partial charge in [0.25, 0.3) is 0 Å². The average Bonchev–Trinajstić information content (AvgIpc) is 2.12. The molecule has 0 aliphatic rings. The van der Waals surface area contributed by atoms with Crippen LogP contribution >= 0.6 is 0 Å². The van der Waals surface area contributed by atoms with Crippen molar-refractivity contribution in [1.29, 1.82) is 0 Å². The van der Waals surface area contributed by atoms with Crippen molar-refractivity contribution < 1.29 is 13.2 Å². The highest BCUT2D eigenvalue weighted by molar-refractivity contribution is 4.99. The molecule has 0 radical (unpaired) electrons. The molecule has 0 aliphatic heterocycles. The Morgan fingerprint density at radius 3 is 1.25 bits per heavy atom. The largest absolute Gasteiger partial charge is 0.394 e. The highest BCUT2D eigenvalue weighted by atomic mass is 19.4. The third kappa shape index (κ3) is 2.10. The summed E-state index contributed by atoms with van der Waals surface area (Å²) in [5, 5.41) is 0. The van der Waals surface area contributed by atoms with E-state index in [0.717, 1.165) is 0 Å². The van der Waals surface area contributed by atoms with Gasteiger partial charge in [-0.2, -0.15) is 13.2 Å². The Bertz CT molecular complexity index is 218. The minimum atomic E-state index is -4.15. The molecule has 0 aromatic rings. The topological polar surface area (TPSA) is 0 Å². The summed E-state index contributed by atoms with van der Waals surface area (Å²) in [6.07, 6.45) is -4.02. The highest BCUT2D eigenvalue weighted by Crippen LogP contribution is 2.59. The fourth-order valence-electron chi connectivity index (χ4n) is 2.83. The van der Waals surface area contributed by atoms with Crippen molar-refractivity contribution in [2.24, 2.45) is 22.7 Å². The molecule has 0 amide bonds. The van der Waals surface area contributed by atoms with Crippen LogP contribution in [-0.4, -0.2) is 6.18 Å². The van der Waals surface area contributed by atoms with Gasteiger partial charge in [-0.05, 0) is 23.7 Å². The zero-order valence-electron chi connectivity index (χ0n) is 11.5. The van der Waals surface area contributed by atoms with Gasteiger partial charge in [-0.15, -0.1) is 0 Å². The maximum absolute atomic E-state index is 13.3. The third-order valence-electron chi connectivity index (χ3n) is 4.92. The van der Waals surface area contributed by atoms with Crippen LogP contribution in [-0.2, 0) is 0 Å². The molecule has 98 valence electrons. The monoisotopic (exact) mass is 238 g/mol. The summed E-state index contributed by atoms with van der Waals surface area (Å²) in [5.41, 5.74) is -2.36. The van der Waals surface area contributed by atoms with Crippen LogP contribution in [0.2, 0.25) is 0 Å². The van der Waals surface area contributed by atoms with Crippen molar-refractivity contribution in [3.05, 3.63) is 0 Å². The second kappa shape index (κ2) is 4.58. The molecule has 0 nitrogen and oxygen atoms in total. The lowest BCUT2D eigenvalue weighted by atomic mass is 9.53. The van der Waals surface area contributed by atoms with Gasteiger partial charge in [-0.25, -0.2) is 0 Å². The molecule has 0 heterocycles. The van der Waals surface area contributed by atoms with Crippen LogP contribution in [0.25, 0.3) is 0 Å². The van der Waals surface area contributed by atoms with E-state index in [-0.39, 0.29) is 18.3 Å². The quantitative estimate of drug-likeness (QED) is 0.624. The fourth-order valence-corrected chi connectivity index (χ4v) is 2.83. The molecule has 0 aromatic heterocycles. The molecule has 0 saturated heterocycles. The van der Waals surface area contributed by atoms with Gasteiger partial charge in [0.15, 0.2) is 0 Å². The first kappa shape index (κ1) is 15.8. The Labute approximate surface area is 97.6 Å². The van der Waals surface area contributed by atoms with Crippen molar-refractivity contribution in [3.63, 3.8) is 0 Å². The van der Waals surface area contributed by atoms with Gasteiger partial charge in [0, 0.05) is 0 Å². The summed E-state index contributed by atoms with van der Waals surface area (Å²) < 4.78 is 40.0. The fraction of sp³-hybridized carbons (Fsp3) is 1.00. The Morgan fingerprint density at radius 2 is 1.19 bits per heavy atom. The van der Waals surface area contributed by atoms with Gasteiger partial charge in [-0.3, -0.25) is 0 Å². The zero-order chi connectivity index (χ0) is 13.4. The third-order valence-corrected chi connectivity index (χ3v) is 4.92. The standard InChI is InChI=1S/C13H25F3/c1-8-11(6,13(14,15)16)12(7,9(2)3)10(4)5/h9-10H,8H2,1-7H3/t11-/m0/s1. The zero-order valence-corrected chi connectivity index (χ0v) is 11.5. The van der Waals surface area contributed by atoms with E-state index >= 15 is 0 Å². The minimum absolute atomic E-state index is 0.000856. The van der Waals surface area contributed by atoms with Gasteiger partial charge in [0.2, 0.25) is 0 Å². The Kier molecular flexibility index (Phi) is 4.52. The summed E-state index contributed by atoms with van der Waals surface area (Å²) in [6, 6.07) is 0. The maximum atomic E-state index is 13.3. The number of rotatable bonds is 4. The smallest absolute Gasteiger partial charge is 0.170 e. The molecule has 0 N–H and O–H groups in total. The number of hydrogen-bond acceptors (Lipinski definition) is 0. The van der Waals surface area contributed by atoms with Crippen molar-refractivity contribution in [1.82, 2.24) is 0 Å². The molecule has 0 saturated carbocycles. The first-order valence-corrected chi connectivity index (χ1v) is 6.01. The lowest BCUT2D eigenvalue weighted by molar-refractivity contribution is -0.274. The van der Waals surface area contributed by atoms with Crippen LogP contribution in [0.3, 0.4) is 0 Å². The van der Waals surface area contributed by atoms with E-state index in [1.54, 1.807) is 13.8 Å². The molecule has 0 bridgehead atoms. The Hall–Kier alpha value is -0.210. The number of hydrogen-bond donors (Lipinski definition) is 0. The van der Waals surface area contributed by atoms with Gasteiger partial charge in [0.1, 0.15) is 0 Å². The summed E-state index contributed by atoms with van der Waals surface area (Å²) in [5.74, 6) is -0.00171. The Balaban J connectivity index is 5.67. The predicted molar refractivity (Wildman–Crippen MR) is 62.2 cm³/mol. The molecule has 0 spiro atoms. The van der Waals surface area contributed by atoms with E-state index in [1.807, 2.05) is 27.7 Å². The van der Waals surface area contributed by atoms with Crippen LogP contribution < -0.4 is 0 Å². The summed E-state index contributed by atoms with van der Waals surface area (Å²) in [7, 11) is 0. The molecule has 1 atom stereocenters. The van der Waals surface area contributed by atoms with E-state index in [0.29, 0.717) is 0 Å². The lowest BCUT2D eigenvalue weighted by Gasteiger charge is -2.52. The van der Waals surface area contributed by atoms with E-state index in [9.17, 15) is 13.2 Å². The van der Waals surface area contributed by atoms with Crippen molar-refractivity contribution >= 4 is 0 Å². The van der Waals surface area contributed by atoms with Gasteiger partial charge >= 0.3 is 6.18 Å². The first-order valence-electron chi connectivity index (χ1n) is 6.01. The van der Waals surface area contributed by atoms with Gasteiger partial charge in [-0.1, -0.05) is 48.5 Å². The van der Waals surface area contributed by atoms with Crippen LogP contribution in [0.4, 0.5) is 13.2 Å². The van der Waals surface area contributed by atoms with Crippen molar-refractivity contribution in [2.45, 2.75) is 61.1 Å². The second-order valence-electron chi connectivity index (χ2n) is 5.78. The summed E-state index contributed by atoms with van der Waals surface area (Å²) >= 11 is 0. The van der Waals surface area contributed by atoms with Crippen LogP contribution in [0, 0.1) is 22.7 Å². The SMILES string of the molecule is CC[C@](C)(C(F)(F)F)C(C)(C(C)C)C(C)C. The molecular weight excluding hydrogens is 213 g/mol. The van der Waals surface area contributed by atoms with E-state index in [4.69, 9.17) is 0 Å². The number of halogens is 3. The second-order valence-corrected chi connectivity index (χ2v) is 5.78. The summed E-state index contributed by atoms with van der Waals surface area (Å²) in [4.78, 5) is 0. The Morgan fingerprint density at radius 1 is 0.875 bits per heavy atom. The highest BCUT2D eigenvalue weighted by Gasteiger charge is 2.61. The van der Waals surface area contributed by atoms with E-state index < -0.39 is 17.0 Å². The summed E-state index contributed by atoms with van der Waals surface area (Å²) in [6.45, 7) is 12.3. The maximum Gasteiger partial charge on any atom is 0.394 e. The predicted octanol–water partition coefficient (Wildman–Crippen LogP) is 5.28. The first-order chi connectivity index (χ1) is 6.95. The molecule has 0 aliphatic carbocycles. The van der Waals surface area contributed by atoms with Crippen LogP contribution in [0.1, 0.15) is 54.9 Å². The van der Waals surface area contributed by atoms with Gasteiger partial charge in [0.05, 0.1) is 5.41 Å². The minimum Gasteiger partial charge on any atom is -0.170 e. The molecule has 16 heavy (non-hydrogen) atoms. The molecular formula is C13H25F3. The van der Waals surface area contributed by atoms with Crippen molar-refractivity contribution in [2.75, 3.05) is 0 Å². The normalized spacial score (nSPS) is 18.0. The molecule has 0 rings (SSSR count). The van der Waals surface area contributed by atoms with E-state index in [1.165, 1.54) is 6.92 Å². The van der Waals surface area contributed by atoms with Crippen LogP contribution in [0.15, 0.2) is 0 Å². The van der Waals surface area contributed by atoms with Gasteiger partial charge < -0.3 is 0 Å². The molecule has 0 fully saturated rings. The lowest BCUT2D eigenvalue weighted by Crippen LogP contribution is -2.53.